The van der Waals surface area contributed by atoms with Crippen LogP contribution in [0.25, 0.3) is 0 Å². The average molecular weight is 267 g/mol. The third-order valence-electron chi connectivity index (χ3n) is 4.10. The molecule has 18 heavy (non-hydrogen) atoms. The maximum absolute atomic E-state index is 6.30. The molecule has 0 bridgehead atoms. The molecule has 1 aliphatic heterocycles. The normalized spacial score (nSPS) is 25.3. The Labute approximate surface area is 115 Å². The predicted octanol–water partition coefficient (Wildman–Crippen LogP) is 3.07. The Hall–Kier alpha value is -0.570. The molecule has 3 heteroatoms. The molecule has 2 nitrogen and oxygen atoms in total. The number of rotatable bonds is 3. The lowest BCUT2D eigenvalue weighted by atomic mass is 9.87. The van der Waals surface area contributed by atoms with E-state index in [1.165, 1.54) is 17.5 Å². The number of halogens is 1. The van der Waals surface area contributed by atoms with Crippen molar-refractivity contribution in [2.75, 3.05) is 19.6 Å². The molecule has 2 N–H and O–H groups in total. The third-order valence-corrected chi connectivity index (χ3v) is 4.46. The molecular formula is C15H23ClN2. The topological polar surface area (TPSA) is 29.3 Å². The van der Waals surface area contributed by atoms with E-state index >= 15 is 0 Å². The number of hydrogen-bond acceptors (Lipinski definition) is 2. The van der Waals surface area contributed by atoms with Crippen LogP contribution in [-0.4, -0.2) is 24.5 Å². The predicted molar refractivity (Wildman–Crippen MR) is 77.8 cm³/mol. The number of aryl methyl sites for hydroxylation is 1. The van der Waals surface area contributed by atoms with Gasteiger partial charge in [-0.1, -0.05) is 30.7 Å². The largest absolute Gasteiger partial charge is 0.330 e. The lowest BCUT2D eigenvalue weighted by molar-refractivity contribution is 0.126. The van der Waals surface area contributed by atoms with Gasteiger partial charge in [0.15, 0.2) is 0 Å². The van der Waals surface area contributed by atoms with Crippen LogP contribution in [0.5, 0.6) is 0 Å². The molecule has 2 unspecified atom stereocenters. The van der Waals surface area contributed by atoms with Crippen molar-refractivity contribution in [3.05, 3.63) is 34.3 Å². The number of hydrogen-bond donors (Lipinski definition) is 1. The van der Waals surface area contributed by atoms with Gasteiger partial charge in [0.1, 0.15) is 0 Å². The molecule has 0 amide bonds. The average Bonchev–Trinajstić information content (AvgIpc) is 2.35. The molecular weight excluding hydrogens is 244 g/mol. The van der Waals surface area contributed by atoms with Gasteiger partial charge in [-0.25, -0.2) is 0 Å². The minimum Gasteiger partial charge on any atom is -0.330 e. The summed E-state index contributed by atoms with van der Waals surface area (Å²) < 4.78 is 0. The van der Waals surface area contributed by atoms with Crippen LogP contribution >= 0.6 is 11.6 Å². The molecule has 1 saturated heterocycles. The molecule has 1 aromatic carbocycles. The van der Waals surface area contributed by atoms with E-state index in [9.17, 15) is 0 Å². The Bertz CT molecular complexity index is 405. The van der Waals surface area contributed by atoms with Crippen molar-refractivity contribution in [3.8, 4) is 0 Å². The van der Waals surface area contributed by atoms with Gasteiger partial charge in [0, 0.05) is 18.1 Å². The summed E-state index contributed by atoms with van der Waals surface area (Å²) in [4.78, 5) is 2.48. The zero-order valence-electron chi connectivity index (χ0n) is 11.3. The highest BCUT2D eigenvalue weighted by atomic mass is 35.5. The summed E-state index contributed by atoms with van der Waals surface area (Å²) >= 11 is 6.30. The quantitative estimate of drug-likeness (QED) is 0.911. The van der Waals surface area contributed by atoms with Gasteiger partial charge in [-0.05, 0) is 55.5 Å². The van der Waals surface area contributed by atoms with Crippen LogP contribution in [0, 0.1) is 18.8 Å². The van der Waals surface area contributed by atoms with E-state index in [-0.39, 0.29) is 0 Å². The number of benzene rings is 1. The molecule has 0 radical (unpaired) electrons. The molecule has 1 heterocycles. The summed E-state index contributed by atoms with van der Waals surface area (Å²) in [6, 6.07) is 6.32. The van der Waals surface area contributed by atoms with Crippen LogP contribution in [0.4, 0.5) is 0 Å². The number of likely N-dealkylation sites (tertiary alicyclic amines) is 1. The Balaban J connectivity index is 2.01. The van der Waals surface area contributed by atoms with E-state index in [2.05, 4.69) is 30.9 Å². The maximum Gasteiger partial charge on any atom is 0.0453 e. The highest BCUT2D eigenvalue weighted by molar-refractivity contribution is 6.31. The first-order valence-corrected chi connectivity index (χ1v) is 7.15. The van der Waals surface area contributed by atoms with Crippen molar-refractivity contribution >= 4 is 11.6 Å². The molecule has 0 saturated carbocycles. The Kier molecular flexibility index (Phi) is 4.66. The summed E-state index contributed by atoms with van der Waals surface area (Å²) in [6.07, 6.45) is 1.24. The Morgan fingerprint density at radius 1 is 1.44 bits per heavy atom. The van der Waals surface area contributed by atoms with E-state index in [4.69, 9.17) is 17.3 Å². The minimum absolute atomic E-state index is 0.628. The second-order valence-corrected chi connectivity index (χ2v) is 6.00. The minimum atomic E-state index is 0.628. The van der Waals surface area contributed by atoms with Crippen molar-refractivity contribution < 1.29 is 0 Å². The van der Waals surface area contributed by atoms with E-state index in [0.717, 1.165) is 37.1 Å². The van der Waals surface area contributed by atoms with Crippen molar-refractivity contribution in [3.63, 3.8) is 0 Å². The van der Waals surface area contributed by atoms with Crippen LogP contribution in [0.1, 0.15) is 24.5 Å². The van der Waals surface area contributed by atoms with Gasteiger partial charge >= 0.3 is 0 Å². The molecule has 1 fully saturated rings. The molecule has 0 spiro atoms. The molecule has 2 atom stereocenters. The van der Waals surface area contributed by atoms with Gasteiger partial charge in [-0.2, -0.15) is 0 Å². The lowest BCUT2D eigenvalue weighted by Crippen LogP contribution is -2.42. The number of piperidine rings is 1. The van der Waals surface area contributed by atoms with E-state index in [0.29, 0.717) is 5.92 Å². The second-order valence-electron chi connectivity index (χ2n) is 5.59. The van der Waals surface area contributed by atoms with Gasteiger partial charge in [0.05, 0.1) is 0 Å². The van der Waals surface area contributed by atoms with Crippen molar-refractivity contribution in [1.29, 1.82) is 0 Å². The molecule has 0 aromatic heterocycles. The van der Waals surface area contributed by atoms with Crippen LogP contribution < -0.4 is 5.73 Å². The van der Waals surface area contributed by atoms with Gasteiger partial charge in [0.2, 0.25) is 0 Å². The first-order valence-electron chi connectivity index (χ1n) is 6.77. The standard InChI is InChI=1S/C15H23ClN2/c1-11-3-4-13(15(16)7-11)9-18-6-5-12(2)14(8-17)10-18/h3-4,7,12,14H,5-6,8-10,17H2,1-2H3. The first-order chi connectivity index (χ1) is 8.60. The zero-order chi connectivity index (χ0) is 13.1. The molecule has 1 aromatic rings. The first kappa shape index (κ1) is 13.9. The lowest BCUT2D eigenvalue weighted by Gasteiger charge is -2.36. The van der Waals surface area contributed by atoms with Gasteiger partial charge < -0.3 is 5.73 Å². The van der Waals surface area contributed by atoms with Gasteiger partial charge in [-0.3, -0.25) is 4.90 Å². The van der Waals surface area contributed by atoms with E-state index < -0.39 is 0 Å². The summed E-state index contributed by atoms with van der Waals surface area (Å²) in [5.74, 6) is 1.38. The summed E-state index contributed by atoms with van der Waals surface area (Å²) in [5, 5.41) is 0.887. The van der Waals surface area contributed by atoms with Crippen molar-refractivity contribution in [2.45, 2.75) is 26.8 Å². The number of nitrogens with zero attached hydrogens (tertiary/aromatic N) is 1. The monoisotopic (exact) mass is 266 g/mol. The fourth-order valence-corrected chi connectivity index (χ4v) is 2.99. The van der Waals surface area contributed by atoms with Crippen molar-refractivity contribution in [2.24, 2.45) is 17.6 Å². The second kappa shape index (κ2) is 6.05. The van der Waals surface area contributed by atoms with Gasteiger partial charge in [-0.15, -0.1) is 0 Å². The van der Waals surface area contributed by atoms with Crippen LogP contribution in [0.3, 0.4) is 0 Å². The number of nitrogens with two attached hydrogens (primary N) is 1. The molecule has 0 aliphatic carbocycles. The fraction of sp³-hybridized carbons (Fsp3) is 0.600. The zero-order valence-corrected chi connectivity index (χ0v) is 12.1. The smallest absolute Gasteiger partial charge is 0.0453 e. The highest BCUT2D eigenvalue weighted by Gasteiger charge is 2.25. The Morgan fingerprint density at radius 3 is 2.89 bits per heavy atom. The van der Waals surface area contributed by atoms with E-state index in [1.54, 1.807) is 0 Å². The summed E-state index contributed by atoms with van der Waals surface area (Å²) in [7, 11) is 0. The Morgan fingerprint density at radius 2 is 2.22 bits per heavy atom. The summed E-state index contributed by atoms with van der Waals surface area (Å²) in [6.45, 7) is 8.38. The molecule has 100 valence electrons. The molecule has 1 aliphatic rings. The van der Waals surface area contributed by atoms with Crippen LogP contribution in [0.2, 0.25) is 5.02 Å². The van der Waals surface area contributed by atoms with E-state index in [1.807, 2.05) is 6.07 Å². The SMILES string of the molecule is Cc1ccc(CN2CCC(C)C(CN)C2)c(Cl)c1. The van der Waals surface area contributed by atoms with Crippen molar-refractivity contribution in [1.82, 2.24) is 4.90 Å². The van der Waals surface area contributed by atoms with Crippen LogP contribution in [-0.2, 0) is 6.54 Å². The van der Waals surface area contributed by atoms with Crippen LogP contribution in [0.15, 0.2) is 18.2 Å². The maximum atomic E-state index is 6.30. The highest BCUT2D eigenvalue weighted by Crippen LogP contribution is 2.25. The third kappa shape index (κ3) is 3.25. The molecule has 2 rings (SSSR count). The van der Waals surface area contributed by atoms with Gasteiger partial charge in [0.25, 0.3) is 0 Å². The summed E-state index contributed by atoms with van der Waals surface area (Å²) in [5.41, 5.74) is 8.29. The fourth-order valence-electron chi connectivity index (χ4n) is 2.70.